The highest BCUT2D eigenvalue weighted by Crippen LogP contribution is 2.39. The Morgan fingerprint density at radius 2 is 1.86 bits per heavy atom. The number of benzene rings is 1. The molecule has 78 valence electrons. The molecule has 0 radical (unpaired) electrons. The number of hydrogen-bond acceptors (Lipinski definition) is 1. The van der Waals surface area contributed by atoms with E-state index in [0.29, 0.717) is 0 Å². The lowest BCUT2D eigenvalue weighted by atomic mass is 10.2. The van der Waals surface area contributed by atoms with Gasteiger partial charge in [-0.2, -0.15) is 13.2 Å². The maximum absolute atomic E-state index is 13.0. The van der Waals surface area contributed by atoms with Crippen LogP contribution in [0, 0.1) is 5.82 Å². The predicted molar refractivity (Wildman–Crippen MR) is 45.7 cm³/mol. The highest BCUT2D eigenvalue weighted by Gasteiger charge is 2.36. The number of halogens is 5. The van der Waals surface area contributed by atoms with Gasteiger partial charge in [-0.1, -0.05) is 15.9 Å². The molecule has 6 heteroatoms. The van der Waals surface area contributed by atoms with Crippen LogP contribution in [0.3, 0.4) is 0 Å². The van der Waals surface area contributed by atoms with Gasteiger partial charge in [0.05, 0.1) is 7.11 Å². The van der Waals surface area contributed by atoms with Crippen molar-refractivity contribution in [2.24, 2.45) is 0 Å². The first-order valence-electron chi connectivity index (χ1n) is 3.46. The molecule has 0 bridgehead atoms. The molecule has 1 aromatic rings. The van der Waals surface area contributed by atoms with Crippen LogP contribution in [0.5, 0.6) is 5.75 Å². The van der Waals surface area contributed by atoms with Gasteiger partial charge in [0.15, 0.2) is 11.6 Å². The molecule has 0 aromatic heterocycles. The van der Waals surface area contributed by atoms with Crippen LogP contribution in [0.25, 0.3) is 0 Å². The van der Waals surface area contributed by atoms with E-state index in [1.807, 2.05) is 0 Å². The number of methoxy groups -OCH3 is 1. The van der Waals surface area contributed by atoms with E-state index in [0.717, 1.165) is 19.2 Å². The van der Waals surface area contributed by atoms with Gasteiger partial charge in [0.25, 0.3) is 0 Å². The summed E-state index contributed by atoms with van der Waals surface area (Å²) < 4.78 is 54.3. The van der Waals surface area contributed by atoms with E-state index in [1.165, 1.54) is 0 Å². The normalized spacial score (nSPS) is 11.6. The summed E-state index contributed by atoms with van der Waals surface area (Å²) in [5.74, 6) is -1.84. The van der Waals surface area contributed by atoms with Crippen LogP contribution in [0.2, 0.25) is 0 Å². The first-order chi connectivity index (χ1) is 6.36. The molecule has 14 heavy (non-hydrogen) atoms. The van der Waals surface area contributed by atoms with E-state index < -0.39 is 23.3 Å². The minimum atomic E-state index is -4.63. The van der Waals surface area contributed by atoms with Gasteiger partial charge in [0.1, 0.15) is 5.56 Å². The molecule has 0 atom stereocenters. The fraction of sp³-hybridized carbons (Fsp3) is 0.250. The van der Waals surface area contributed by atoms with Gasteiger partial charge in [0.2, 0.25) is 0 Å². The summed E-state index contributed by atoms with van der Waals surface area (Å²) in [6.45, 7) is 0. The van der Waals surface area contributed by atoms with Gasteiger partial charge in [-0.25, -0.2) is 4.39 Å². The molecule has 0 fully saturated rings. The van der Waals surface area contributed by atoms with Crippen molar-refractivity contribution in [2.45, 2.75) is 6.18 Å². The summed E-state index contributed by atoms with van der Waals surface area (Å²) in [6.07, 6.45) is -4.63. The Kier molecular flexibility index (Phi) is 3.04. The van der Waals surface area contributed by atoms with Crippen LogP contribution >= 0.6 is 15.9 Å². The molecule has 0 saturated carbocycles. The van der Waals surface area contributed by atoms with Crippen molar-refractivity contribution in [3.63, 3.8) is 0 Å². The first-order valence-corrected chi connectivity index (χ1v) is 4.25. The number of rotatable bonds is 1. The van der Waals surface area contributed by atoms with Crippen LogP contribution in [-0.4, -0.2) is 7.11 Å². The number of alkyl halides is 3. The van der Waals surface area contributed by atoms with E-state index in [9.17, 15) is 17.6 Å². The van der Waals surface area contributed by atoms with Crippen molar-refractivity contribution in [1.29, 1.82) is 0 Å². The lowest BCUT2D eigenvalue weighted by Gasteiger charge is -2.12. The molecule has 0 spiro atoms. The van der Waals surface area contributed by atoms with Crippen molar-refractivity contribution in [3.05, 3.63) is 28.0 Å². The Morgan fingerprint density at radius 3 is 2.29 bits per heavy atom. The molecular weight excluding hydrogens is 268 g/mol. The summed E-state index contributed by atoms with van der Waals surface area (Å²) >= 11 is 2.77. The van der Waals surface area contributed by atoms with E-state index in [1.54, 1.807) is 0 Å². The molecule has 0 heterocycles. The average molecular weight is 273 g/mol. The number of hydrogen-bond donors (Lipinski definition) is 0. The molecule has 0 unspecified atom stereocenters. The largest absolute Gasteiger partial charge is 0.493 e. The van der Waals surface area contributed by atoms with Crippen molar-refractivity contribution in [1.82, 2.24) is 0 Å². The Bertz CT molecular complexity index is 348. The summed E-state index contributed by atoms with van der Waals surface area (Å²) in [5.41, 5.74) is -1.13. The van der Waals surface area contributed by atoms with E-state index in [2.05, 4.69) is 20.7 Å². The van der Waals surface area contributed by atoms with E-state index >= 15 is 0 Å². The Labute approximate surface area is 85.8 Å². The third kappa shape index (κ3) is 2.17. The summed E-state index contributed by atoms with van der Waals surface area (Å²) in [4.78, 5) is 0. The Hall–Kier alpha value is -0.780. The zero-order valence-corrected chi connectivity index (χ0v) is 8.54. The molecule has 0 N–H and O–H groups in total. The lowest BCUT2D eigenvalue weighted by Crippen LogP contribution is -2.08. The topological polar surface area (TPSA) is 9.23 Å². The lowest BCUT2D eigenvalue weighted by molar-refractivity contribution is -0.139. The zero-order valence-electron chi connectivity index (χ0n) is 6.95. The summed E-state index contributed by atoms with van der Waals surface area (Å²) in [5, 5.41) is 0. The zero-order chi connectivity index (χ0) is 10.9. The third-order valence-corrected chi connectivity index (χ3v) is 1.98. The fourth-order valence-corrected chi connectivity index (χ4v) is 1.41. The third-order valence-electron chi connectivity index (χ3n) is 1.52. The molecule has 0 aliphatic heterocycles. The maximum atomic E-state index is 13.0. The Morgan fingerprint density at radius 1 is 1.29 bits per heavy atom. The SMILES string of the molecule is COc1c(F)cc(Br)cc1C(F)(F)F. The molecule has 1 nitrogen and oxygen atoms in total. The van der Waals surface area contributed by atoms with Gasteiger partial charge in [-0.05, 0) is 12.1 Å². The van der Waals surface area contributed by atoms with Crippen LogP contribution in [0.15, 0.2) is 16.6 Å². The first kappa shape index (κ1) is 11.3. The van der Waals surface area contributed by atoms with Crippen LogP contribution in [-0.2, 0) is 6.18 Å². The summed E-state index contributed by atoms with van der Waals surface area (Å²) in [6, 6.07) is 1.68. The highest BCUT2D eigenvalue weighted by atomic mass is 79.9. The smallest absolute Gasteiger partial charge is 0.420 e. The second-order valence-corrected chi connectivity index (χ2v) is 3.38. The fourth-order valence-electron chi connectivity index (χ4n) is 0.978. The molecule has 0 aliphatic rings. The van der Waals surface area contributed by atoms with Crippen LogP contribution in [0.4, 0.5) is 17.6 Å². The van der Waals surface area contributed by atoms with Gasteiger partial charge in [0, 0.05) is 4.47 Å². The molecular formula is C8H5BrF4O. The monoisotopic (exact) mass is 272 g/mol. The Balaban J connectivity index is 3.40. The van der Waals surface area contributed by atoms with E-state index in [4.69, 9.17) is 0 Å². The van der Waals surface area contributed by atoms with Gasteiger partial charge < -0.3 is 4.74 Å². The molecule has 1 aromatic carbocycles. The quantitative estimate of drug-likeness (QED) is 0.710. The van der Waals surface area contributed by atoms with Crippen molar-refractivity contribution >= 4 is 15.9 Å². The number of ether oxygens (including phenoxy) is 1. The summed E-state index contributed by atoms with van der Waals surface area (Å²) in [7, 11) is 0.988. The van der Waals surface area contributed by atoms with Crippen LogP contribution in [0.1, 0.15) is 5.56 Å². The van der Waals surface area contributed by atoms with Crippen molar-refractivity contribution in [2.75, 3.05) is 7.11 Å². The minimum absolute atomic E-state index is 0.0168. The minimum Gasteiger partial charge on any atom is -0.493 e. The van der Waals surface area contributed by atoms with E-state index in [-0.39, 0.29) is 4.47 Å². The van der Waals surface area contributed by atoms with Gasteiger partial charge in [-0.15, -0.1) is 0 Å². The van der Waals surface area contributed by atoms with Crippen molar-refractivity contribution < 1.29 is 22.3 Å². The standard InChI is InChI=1S/C8H5BrF4O/c1-14-7-5(8(11,12)13)2-4(9)3-6(7)10/h2-3H,1H3. The molecule has 0 saturated heterocycles. The second-order valence-electron chi connectivity index (χ2n) is 2.47. The van der Waals surface area contributed by atoms with Gasteiger partial charge >= 0.3 is 6.18 Å². The van der Waals surface area contributed by atoms with Crippen molar-refractivity contribution in [3.8, 4) is 5.75 Å². The predicted octanol–water partition coefficient (Wildman–Crippen LogP) is 3.62. The highest BCUT2D eigenvalue weighted by molar-refractivity contribution is 9.10. The maximum Gasteiger partial charge on any atom is 0.420 e. The van der Waals surface area contributed by atoms with Crippen LogP contribution < -0.4 is 4.74 Å². The molecule has 0 amide bonds. The van der Waals surface area contributed by atoms with Gasteiger partial charge in [-0.3, -0.25) is 0 Å². The average Bonchev–Trinajstić information content (AvgIpc) is 2.01. The molecule has 1 rings (SSSR count). The second kappa shape index (κ2) is 3.76. The molecule has 0 aliphatic carbocycles.